The van der Waals surface area contributed by atoms with Gasteiger partial charge in [-0.2, -0.15) is 0 Å². The van der Waals surface area contributed by atoms with Gasteiger partial charge in [-0.15, -0.1) is 0 Å². The smallest absolute Gasteiger partial charge is 0.132 e. The van der Waals surface area contributed by atoms with Crippen molar-refractivity contribution in [1.29, 1.82) is 0 Å². The molecule has 0 saturated carbocycles. The summed E-state index contributed by atoms with van der Waals surface area (Å²) in [5, 5.41) is 3.64. The highest BCUT2D eigenvalue weighted by Crippen LogP contribution is 2.23. The van der Waals surface area contributed by atoms with Gasteiger partial charge in [-0.05, 0) is 30.3 Å². The molecule has 0 aliphatic rings. The summed E-state index contributed by atoms with van der Waals surface area (Å²) in [5.74, 6) is 2.26. The Morgan fingerprint density at radius 1 is 1.12 bits per heavy atom. The highest BCUT2D eigenvalue weighted by molar-refractivity contribution is 6.30. The molecule has 0 bridgehead atoms. The Balaban J connectivity index is 2.16. The van der Waals surface area contributed by atoms with E-state index in [9.17, 15) is 0 Å². The Morgan fingerprint density at radius 2 is 1.88 bits per heavy atom. The van der Waals surface area contributed by atoms with Gasteiger partial charge in [0.1, 0.15) is 17.3 Å². The third-order valence-electron chi connectivity index (χ3n) is 2.04. The zero-order valence-corrected chi connectivity index (χ0v) is 9.53. The van der Waals surface area contributed by atoms with Crippen molar-refractivity contribution in [3.8, 4) is 11.5 Å². The normalized spacial score (nSPS) is 9.88. The van der Waals surface area contributed by atoms with Crippen molar-refractivity contribution in [2.45, 2.75) is 0 Å². The van der Waals surface area contributed by atoms with Gasteiger partial charge in [-0.3, -0.25) is 0 Å². The maximum absolute atomic E-state index is 5.79. The van der Waals surface area contributed by atoms with E-state index < -0.39 is 0 Å². The van der Waals surface area contributed by atoms with E-state index in [4.69, 9.17) is 16.3 Å². The highest BCUT2D eigenvalue weighted by atomic mass is 35.5. The fourth-order valence-corrected chi connectivity index (χ4v) is 1.38. The molecule has 0 fully saturated rings. The van der Waals surface area contributed by atoms with Crippen molar-refractivity contribution in [3.63, 3.8) is 0 Å². The Kier molecular flexibility index (Phi) is 3.27. The first-order valence-corrected chi connectivity index (χ1v) is 5.23. The number of aromatic nitrogens is 1. The number of pyridine rings is 1. The second kappa shape index (κ2) is 4.86. The molecule has 0 unspecified atom stereocenters. The number of anilines is 1. The summed E-state index contributed by atoms with van der Waals surface area (Å²) >= 11 is 5.79. The van der Waals surface area contributed by atoms with Crippen LogP contribution in [0.4, 0.5) is 5.82 Å². The van der Waals surface area contributed by atoms with E-state index in [2.05, 4.69) is 10.3 Å². The first-order chi connectivity index (χ1) is 7.78. The molecular weight excluding hydrogens is 224 g/mol. The molecule has 2 aromatic rings. The van der Waals surface area contributed by atoms with Crippen LogP contribution in [0.3, 0.4) is 0 Å². The lowest BCUT2D eigenvalue weighted by Gasteiger charge is -2.06. The average molecular weight is 235 g/mol. The lowest BCUT2D eigenvalue weighted by Crippen LogP contribution is -1.92. The van der Waals surface area contributed by atoms with Crippen LogP contribution in [-0.4, -0.2) is 12.0 Å². The quantitative estimate of drug-likeness (QED) is 0.882. The molecule has 1 aromatic heterocycles. The molecule has 3 nitrogen and oxygen atoms in total. The zero-order chi connectivity index (χ0) is 11.4. The predicted octanol–water partition coefficient (Wildman–Crippen LogP) is 3.57. The van der Waals surface area contributed by atoms with Crippen LogP contribution < -0.4 is 10.1 Å². The van der Waals surface area contributed by atoms with Crippen molar-refractivity contribution in [3.05, 3.63) is 47.6 Å². The van der Waals surface area contributed by atoms with E-state index in [0.717, 1.165) is 17.3 Å². The summed E-state index contributed by atoms with van der Waals surface area (Å²) in [4.78, 5) is 4.10. The minimum absolute atomic E-state index is 0.693. The fourth-order valence-electron chi connectivity index (χ4n) is 1.25. The highest BCUT2D eigenvalue weighted by Gasteiger charge is 1.98. The van der Waals surface area contributed by atoms with Crippen LogP contribution in [0.2, 0.25) is 5.02 Å². The van der Waals surface area contributed by atoms with Gasteiger partial charge in [0.25, 0.3) is 0 Å². The second-order valence-electron chi connectivity index (χ2n) is 3.18. The summed E-state index contributed by atoms with van der Waals surface area (Å²) in [6, 6.07) is 10.8. The number of benzene rings is 1. The summed E-state index contributed by atoms with van der Waals surface area (Å²) in [6.45, 7) is 0. The molecule has 1 heterocycles. The van der Waals surface area contributed by atoms with Crippen molar-refractivity contribution < 1.29 is 4.74 Å². The number of nitrogens with zero attached hydrogens (tertiary/aromatic N) is 1. The number of halogens is 1. The van der Waals surface area contributed by atoms with E-state index in [1.54, 1.807) is 24.4 Å². The number of ether oxygens (including phenoxy) is 1. The van der Waals surface area contributed by atoms with E-state index >= 15 is 0 Å². The fraction of sp³-hybridized carbons (Fsp3) is 0.0833. The molecule has 0 amide bonds. The maximum atomic E-state index is 5.79. The average Bonchev–Trinajstić information content (AvgIpc) is 2.32. The minimum Gasteiger partial charge on any atom is -0.457 e. The molecule has 82 valence electrons. The number of nitrogens with one attached hydrogen (secondary N) is 1. The molecule has 0 aliphatic heterocycles. The van der Waals surface area contributed by atoms with Crippen LogP contribution in [0, 0.1) is 0 Å². The molecule has 0 saturated heterocycles. The summed E-state index contributed by atoms with van der Waals surface area (Å²) in [7, 11) is 1.81. The lowest BCUT2D eigenvalue weighted by atomic mass is 10.3. The van der Waals surface area contributed by atoms with Gasteiger partial charge in [-0.25, -0.2) is 4.98 Å². The lowest BCUT2D eigenvalue weighted by molar-refractivity contribution is 0.482. The van der Waals surface area contributed by atoms with Crippen molar-refractivity contribution in [1.82, 2.24) is 4.98 Å². The van der Waals surface area contributed by atoms with Gasteiger partial charge in [-0.1, -0.05) is 11.6 Å². The first kappa shape index (κ1) is 10.8. The Hall–Kier alpha value is -1.74. The van der Waals surface area contributed by atoms with Crippen LogP contribution in [0.1, 0.15) is 0 Å². The topological polar surface area (TPSA) is 34.1 Å². The Labute approximate surface area is 99.0 Å². The third-order valence-corrected chi connectivity index (χ3v) is 2.29. The van der Waals surface area contributed by atoms with Crippen LogP contribution in [-0.2, 0) is 0 Å². The van der Waals surface area contributed by atoms with Gasteiger partial charge in [0.15, 0.2) is 0 Å². The van der Waals surface area contributed by atoms with Crippen molar-refractivity contribution in [2.24, 2.45) is 0 Å². The molecule has 16 heavy (non-hydrogen) atoms. The van der Waals surface area contributed by atoms with E-state index in [1.165, 1.54) is 0 Å². The van der Waals surface area contributed by atoms with E-state index in [-0.39, 0.29) is 0 Å². The van der Waals surface area contributed by atoms with Crippen LogP contribution >= 0.6 is 11.6 Å². The van der Waals surface area contributed by atoms with Gasteiger partial charge in [0.05, 0.1) is 0 Å². The van der Waals surface area contributed by atoms with Crippen LogP contribution in [0.25, 0.3) is 0 Å². The molecule has 0 atom stereocenters. The van der Waals surface area contributed by atoms with Gasteiger partial charge in [0.2, 0.25) is 0 Å². The zero-order valence-electron chi connectivity index (χ0n) is 8.77. The largest absolute Gasteiger partial charge is 0.457 e. The number of hydrogen-bond acceptors (Lipinski definition) is 3. The standard InChI is InChI=1S/C12H11ClN2O/c1-14-12-8-11(6-7-15-12)16-10-4-2-9(13)3-5-10/h2-8H,1H3,(H,14,15). The Morgan fingerprint density at radius 3 is 2.56 bits per heavy atom. The predicted molar refractivity (Wildman–Crippen MR) is 65.3 cm³/mol. The van der Waals surface area contributed by atoms with E-state index in [0.29, 0.717) is 5.02 Å². The van der Waals surface area contributed by atoms with Gasteiger partial charge < -0.3 is 10.1 Å². The molecule has 0 radical (unpaired) electrons. The van der Waals surface area contributed by atoms with Crippen molar-refractivity contribution in [2.75, 3.05) is 12.4 Å². The van der Waals surface area contributed by atoms with Crippen LogP contribution in [0.5, 0.6) is 11.5 Å². The van der Waals surface area contributed by atoms with Gasteiger partial charge in [0, 0.05) is 24.3 Å². The minimum atomic E-state index is 0.693. The van der Waals surface area contributed by atoms with Gasteiger partial charge >= 0.3 is 0 Å². The summed E-state index contributed by atoms with van der Waals surface area (Å²) in [6.07, 6.45) is 1.69. The molecule has 4 heteroatoms. The van der Waals surface area contributed by atoms with Crippen LogP contribution in [0.15, 0.2) is 42.6 Å². The van der Waals surface area contributed by atoms with E-state index in [1.807, 2.05) is 25.2 Å². The van der Waals surface area contributed by atoms with Crippen molar-refractivity contribution >= 4 is 17.4 Å². The number of rotatable bonds is 3. The maximum Gasteiger partial charge on any atom is 0.132 e. The third kappa shape index (κ3) is 2.64. The first-order valence-electron chi connectivity index (χ1n) is 4.85. The molecule has 0 spiro atoms. The Bertz CT molecular complexity index is 471. The second-order valence-corrected chi connectivity index (χ2v) is 3.62. The summed E-state index contributed by atoms with van der Waals surface area (Å²) < 4.78 is 5.64. The molecular formula is C12H11ClN2O. The molecule has 1 aromatic carbocycles. The molecule has 1 N–H and O–H groups in total. The SMILES string of the molecule is CNc1cc(Oc2ccc(Cl)cc2)ccn1. The molecule has 2 rings (SSSR count). The molecule has 0 aliphatic carbocycles. The monoisotopic (exact) mass is 234 g/mol. The number of hydrogen-bond donors (Lipinski definition) is 1. The summed E-state index contributed by atoms with van der Waals surface area (Å²) in [5.41, 5.74) is 0.